The molecule has 0 radical (unpaired) electrons. The largest absolute Gasteiger partial charge is 0.484 e. The van der Waals surface area contributed by atoms with Gasteiger partial charge in [0.25, 0.3) is 0 Å². The molecule has 5 nitrogen and oxygen atoms in total. The molecule has 0 aromatic heterocycles. The van der Waals surface area contributed by atoms with E-state index < -0.39 is 6.10 Å². The van der Waals surface area contributed by atoms with E-state index in [1.807, 2.05) is 61.5 Å². The van der Waals surface area contributed by atoms with Gasteiger partial charge in [0.1, 0.15) is 11.9 Å². The van der Waals surface area contributed by atoms with Crippen LogP contribution in [-0.4, -0.2) is 35.2 Å². The van der Waals surface area contributed by atoms with Crippen molar-refractivity contribution < 1.29 is 14.6 Å². The number of aliphatic hydroxyl groups is 1. The number of aliphatic hydroxyl groups excluding tert-OH is 1. The van der Waals surface area contributed by atoms with Gasteiger partial charge in [-0.1, -0.05) is 42.5 Å². The summed E-state index contributed by atoms with van der Waals surface area (Å²) in [5.41, 5.74) is 1.70. The molecule has 5 heteroatoms. The van der Waals surface area contributed by atoms with Crippen LogP contribution in [-0.2, 0) is 0 Å². The lowest BCUT2D eigenvalue weighted by Crippen LogP contribution is -2.33. The maximum Gasteiger partial charge on any atom is 0.322 e. The van der Waals surface area contributed by atoms with Crippen molar-refractivity contribution in [3.05, 3.63) is 60.2 Å². The van der Waals surface area contributed by atoms with Crippen molar-refractivity contribution in [2.24, 2.45) is 0 Å². The molecule has 2 N–H and O–H groups in total. The number of benzene rings is 2. The highest BCUT2D eigenvalue weighted by Gasteiger charge is 2.25. The number of likely N-dealkylation sites (tertiary alicyclic amines) is 1. The zero-order valence-electron chi connectivity index (χ0n) is 13.7. The van der Waals surface area contributed by atoms with Gasteiger partial charge in [0.2, 0.25) is 0 Å². The number of β-amino-alcohol motifs (C(OH)–C–C–N with tert-alkyl or cyclic N) is 1. The van der Waals surface area contributed by atoms with Crippen LogP contribution in [0.2, 0.25) is 0 Å². The van der Waals surface area contributed by atoms with Crippen molar-refractivity contribution in [1.82, 2.24) is 4.90 Å². The Morgan fingerprint density at radius 3 is 2.62 bits per heavy atom. The molecule has 0 unspecified atom stereocenters. The van der Waals surface area contributed by atoms with Crippen LogP contribution in [0.5, 0.6) is 5.75 Å². The second-order valence-electron chi connectivity index (χ2n) is 5.99. The maximum absolute atomic E-state index is 12.3. The zero-order chi connectivity index (χ0) is 16.9. The van der Waals surface area contributed by atoms with Crippen molar-refractivity contribution in [3.8, 4) is 5.75 Å². The van der Waals surface area contributed by atoms with Crippen molar-refractivity contribution in [1.29, 1.82) is 0 Å². The quantitative estimate of drug-likeness (QED) is 0.905. The molecule has 1 aliphatic heterocycles. The van der Waals surface area contributed by atoms with Crippen molar-refractivity contribution >= 4 is 11.7 Å². The van der Waals surface area contributed by atoms with E-state index in [0.717, 1.165) is 5.56 Å². The number of amides is 2. The van der Waals surface area contributed by atoms with Crippen LogP contribution in [0.1, 0.15) is 25.0 Å². The molecule has 2 amide bonds. The predicted molar refractivity (Wildman–Crippen MR) is 93.1 cm³/mol. The van der Waals surface area contributed by atoms with Gasteiger partial charge in [-0.05, 0) is 31.0 Å². The topological polar surface area (TPSA) is 61.8 Å². The first kappa shape index (κ1) is 16.3. The molecule has 1 saturated heterocycles. The van der Waals surface area contributed by atoms with Gasteiger partial charge < -0.3 is 20.1 Å². The summed E-state index contributed by atoms with van der Waals surface area (Å²) in [5.74, 6) is 0.627. The van der Waals surface area contributed by atoms with Gasteiger partial charge >= 0.3 is 6.03 Å². The van der Waals surface area contributed by atoms with Gasteiger partial charge in [-0.2, -0.15) is 0 Å². The van der Waals surface area contributed by atoms with Gasteiger partial charge in [-0.3, -0.25) is 0 Å². The minimum Gasteiger partial charge on any atom is -0.484 e. The second-order valence-corrected chi connectivity index (χ2v) is 5.99. The van der Waals surface area contributed by atoms with Crippen LogP contribution in [0.25, 0.3) is 0 Å². The molecule has 2 atom stereocenters. The SMILES string of the molecule is C[C@H](Oc1ccccc1NC(=O)N1CC[C@@H](O)C1)c1ccccc1. The molecule has 1 heterocycles. The number of nitrogens with zero attached hydrogens (tertiary/aromatic N) is 1. The monoisotopic (exact) mass is 326 g/mol. The smallest absolute Gasteiger partial charge is 0.322 e. The number of hydrogen-bond donors (Lipinski definition) is 2. The summed E-state index contributed by atoms with van der Waals surface area (Å²) >= 11 is 0. The van der Waals surface area contributed by atoms with Crippen molar-refractivity contribution in [3.63, 3.8) is 0 Å². The van der Waals surface area contributed by atoms with Crippen LogP contribution in [0.15, 0.2) is 54.6 Å². The van der Waals surface area contributed by atoms with Gasteiger partial charge in [0.15, 0.2) is 0 Å². The Morgan fingerprint density at radius 2 is 1.92 bits per heavy atom. The third kappa shape index (κ3) is 3.86. The number of urea groups is 1. The van der Waals surface area contributed by atoms with Gasteiger partial charge in [-0.25, -0.2) is 4.79 Å². The summed E-state index contributed by atoms with van der Waals surface area (Å²) in [6.07, 6.45) is 0.0644. The minimum absolute atomic E-state index is 0.127. The molecule has 24 heavy (non-hydrogen) atoms. The van der Waals surface area contributed by atoms with Crippen molar-refractivity contribution in [2.75, 3.05) is 18.4 Å². The lowest BCUT2D eigenvalue weighted by Gasteiger charge is -2.20. The fourth-order valence-electron chi connectivity index (χ4n) is 2.78. The molecule has 1 fully saturated rings. The first-order valence-corrected chi connectivity index (χ1v) is 8.18. The number of ether oxygens (including phenoxy) is 1. The average Bonchev–Trinajstić information content (AvgIpc) is 3.04. The molecule has 1 aliphatic rings. The lowest BCUT2D eigenvalue weighted by molar-refractivity contribution is 0.176. The number of rotatable bonds is 4. The van der Waals surface area contributed by atoms with Gasteiger partial charge in [-0.15, -0.1) is 0 Å². The Bertz CT molecular complexity index is 690. The first-order chi connectivity index (χ1) is 11.6. The van der Waals surface area contributed by atoms with Crippen LogP contribution in [0, 0.1) is 0 Å². The lowest BCUT2D eigenvalue weighted by atomic mass is 10.1. The van der Waals surface area contributed by atoms with Gasteiger partial charge in [0, 0.05) is 13.1 Å². The molecular formula is C19H22N2O3. The summed E-state index contributed by atoms with van der Waals surface area (Å²) in [7, 11) is 0. The van der Waals surface area contributed by atoms with E-state index in [4.69, 9.17) is 4.74 Å². The highest BCUT2D eigenvalue weighted by molar-refractivity contribution is 5.91. The third-order valence-corrected chi connectivity index (χ3v) is 4.15. The molecule has 0 bridgehead atoms. The zero-order valence-corrected chi connectivity index (χ0v) is 13.7. The second kappa shape index (κ2) is 7.36. The van der Waals surface area contributed by atoms with E-state index in [0.29, 0.717) is 30.9 Å². The van der Waals surface area contributed by atoms with E-state index in [1.54, 1.807) is 4.90 Å². The Balaban J connectivity index is 1.70. The molecular weight excluding hydrogens is 304 g/mol. The van der Waals surface area contributed by atoms with E-state index in [1.165, 1.54) is 0 Å². The summed E-state index contributed by atoms with van der Waals surface area (Å²) < 4.78 is 6.03. The molecule has 0 aliphatic carbocycles. The maximum atomic E-state index is 12.3. The van der Waals surface area contributed by atoms with Gasteiger partial charge in [0.05, 0.1) is 11.8 Å². The number of nitrogens with one attached hydrogen (secondary N) is 1. The number of carbonyl (C=O) groups excluding carboxylic acids is 1. The van der Waals surface area contributed by atoms with Crippen LogP contribution in [0.3, 0.4) is 0 Å². The predicted octanol–water partition coefficient (Wildman–Crippen LogP) is 3.43. The average molecular weight is 326 g/mol. The Morgan fingerprint density at radius 1 is 1.21 bits per heavy atom. The number of para-hydroxylation sites is 2. The molecule has 0 saturated carbocycles. The first-order valence-electron chi connectivity index (χ1n) is 8.18. The highest BCUT2D eigenvalue weighted by Crippen LogP contribution is 2.29. The number of hydrogen-bond acceptors (Lipinski definition) is 3. The third-order valence-electron chi connectivity index (χ3n) is 4.15. The summed E-state index contributed by atoms with van der Waals surface area (Å²) in [5, 5.41) is 12.4. The molecule has 126 valence electrons. The highest BCUT2D eigenvalue weighted by atomic mass is 16.5. The van der Waals surface area contributed by atoms with E-state index in [-0.39, 0.29) is 12.1 Å². The Kier molecular flexibility index (Phi) is 5.01. The summed E-state index contributed by atoms with van der Waals surface area (Å²) in [6, 6.07) is 17.1. The molecule has 3 rings (SSSR count). The fourth-order valence-corrected chi connectivity index (χ4v) is 2.78. The fraction of sp³-hybridized carbons (Fsp3) is 0.316. The van der Waals surface area contributed by atoms with E-state index in [2.05, 4.69) is 5.32 Å². The van der Waals surface area contributed by atoms with E-state index in [9.17, 15) is 9.90 Å². The Labute approximate surface area is 141 Å². The Hall–Kier alpha value is -2.53. The van der Waals surface area contributed by atoms with Crippen molar-refractivity contribution in [2.45, 2.75) is 25.6 Å². The normalized spacial score (nSPS) is 18.2. The molecule has 2 aromatic rings. The molecule has 2 aromatic carbocycles. The summed E-state index contributed by atoms with van der Waals surface area (Å²) in [4.78, 5) is 13.9. The van der Waals surface area contributed by atoms with Crippen LogP contribution < -0.4 is 10.1 Å². The number of carbonyl (C=O) groups is 1. The van der Waals surface area contributed by atoms with E-state index >= 15 is 0 Å². The minimum atomic E-state index is -0.430. The van der Waals surface area contributed by atoms with Crippen LogP contribution >= 0.6 is 0 Å². The standard InChI is InChI=1S/C19H22N2O3/c1-14(15-7-3-2-4-8-15)24-18-10-6-5-9-17(18)20-19(23)21-12-11-16(22)13-21/h2-10,14,16,22H,11-13H2,1H3,(H,20,23)/t14-,16+/m0/s1. The number of anilines is 1. The van der Waals surface area contributed by atoms with Crippen LogP contribution in [0.4, 0.5) is 10.5 Å². The summed E-state index contributed by atoms with van der Waals surface area (Å²) in [6.45, 7) is 2.91. The molecule has 0 spiro atoms.